The standard InChI is InChI=1S/C24H32N2O/c1-25(2)21-12-8-19(9-13-21)17-24(16-6-5-7-23(24)27)18-20-10-14-22(15-11-20)26(3)4/h8-15H,5-7,16-18H2,1-4H3. The predicted molar refractivity (Wildman–Crippen MR) is 115 cm³/mol. The first-order valence-electron chi connectivity index (χ1n) is 9.95. The molecule has 0 bridgehead atoms. The van der Waals surface area contributed by atoms with Gasteiger partial charge in [-0.1, -0.05) is 30.7 Å². The first kappa shape index (κ1) is 19.5. The zero-order valence-electron chi connectivity index (χ0n) is 17.2. The van der Waals surface area contributed by atoms with Crippen LogP contribution >= 0.6 is 0 Å². The van der Waals surface area contributed by atoms with Crippen LogP contribution in [0.5, 0.6) is 0 Å². The van der Waals surface area contributed by atoms with Crippen molar-refractivity contribution in [2.45, 2.75) is 38.5 Å². The lowest BCUT2D eigenvalue weighted by Crippen LogP contribution is -2.38. The number of ketones is 1. The van der Waals surface area contributed by atoms with Crippen LogP contribution in [0.25, 0.3) is 0 Å². The number of carbonyl (C=O) groups excluding carboxylic acids is 1. The van der Waals surface area contributed by atoms with E-state index in [1.54, 1.807) is 0 Å². The molecule has 3 nitrogen and oxygen atoms in total. The third-order valence-electron chi connectivity index (χ3n) is 5.89. The van der Waals surface area contributed by atoms with Gasteiger partial charge in [0.25, 0.3) is 0 Å². The summed E-state index contributed by atoms with van der Waals surface area (Å²) in [4.78, 5) is 17.3. The number of nitrogens with zero attached hydrogens (tertiary/aromatic N) is 2. The zero-order chi connectivity index (χ0) is 19.4. The number of anilines is 2. The Balaban J connectivity index is 1.84. The van der Waals surface area contributed by atoms with Gasteiger partial charge < -0.3 is 9.80 Å². The second-order valence-electron chi connectivity index (χ2n) is 8.39. The van der Waals surface area contributed by atoms with E-state index in [0.717, 1.165) is 38.5 Å². The minimum atomic E-state index is -0.252. The molecular formula is C24H32N2O. The van der Waals surface area contributed by atoms with Gasteiger partial charge in [0.2, 0.25) is 0 Å². The Bertz CT molecular complexity index is 706. The molecule has 1 fully saturated rings. The molecule has 0 amide bonds. The molecule has 0 heterocycles. The number of hydrogen-bond donors (Lipinski definition) is 0. The number of rotatable bonds is 6. The maximum Gasteiger partial charge on any atom is 0.139 e. The molecule has 0 spiro atoms. The van der Waals surface area contributed by atoms with Gasteiger partial charge in [-0.25, -0.2) is 0 Å². The van der Waals surface area contributed by atoms with Crippen LogP contribution in [0.3, 0.4) is 0 Å². The van der Waals surface area contributed by atoms with Gasteiger partial charge in [0, 0.05) is 51.4 Å². The van der Waals surface area contributed by atoms with Gasteiger partial charge >= 0.3 is 0 Å². The van der Waals surface area contributed by atoms with E-state index in [1.807, 2.05) is 0 Å². The normalized spacial score (nSPS) is 16.2. The summed E-state index contributed by atoms with van der Waals surface area (Å²) in [5.41, 5.74) is 4.67. The topological polar surface area (TPSA) is 23.6 Å². The van der Waals surface area contributed by atoms with Crippen LogP contribution in [0.4, 0.5) is 11.4 Å². The average Bonchev–Trinajstić information content (AvgIpc) is 2.65. The van der Waals surface area contributed by atoms with Crippen molar-refractivity contribution < 1.29 is 4.79 Å². The SMILES string of the molecule is CN(C)c1ccc(CC2(Cc3ccc(N(C)C)cc3)CCCCC2=O)cc1. The predicted octanol–water partition coefficient (Wildman–Crippen LogP) is 4.73. The number of hydrogen-bond acceptors (Lipinski definition) is 3. The van der Waals surface area contributed by atoms with Crippen LogP contribution in [0.1, 0.15) is 36.8 Å². The lowest BCUT2D eigenvalue weighted by atomic mass is 9.66. The van der Waals surface area contributed by atoms with Crippen LogP contribution < -0.4 is 9.80 Å². The fourth-order valence-electron chi connectivity index (χ4n) is 4.20. The summed E-state index contributed by atoms with van der Waals surface area (Å²) < 4.78 is 0. The lowest BCUT2D eigenvalue weighted by molar-refractivity contribution is -0.131. The van der Waals surface area contributed by atoms with Crippen molar-refractivity contribution >= 4 is 17.2 Å². The molecule has 27 heavy (non-hydrogen) atoms. The van der Waals surface area contributed by atoms with E-state index in [2.05, 4.69) is 86.5 Å². The van der Waals surface area contributed by atoms with Crippen LogP contribution in [0, 0.1) is 5.41 Å². The highest BCUT2D eigenvalue weighted by molar-refractivity contribution is 5.86. The quantitative estimate of drug-likeness (QED) is 0.740. The van der Waals surface area contributed by atoms with Crippen molar-refractivity contribution in [1.82, 2.24) is 0 Å². The van der Waals surface area contributed by atoms with Crippen LogP contribution in [0.2, 0.25) is 0 Å². The Kier molecular flexibility index (Phi) is 5.88. The molecule has 144 valence electrons. The summed E-state index contributed by atoms with van der Waals surface area (Å²) in [5.74, 6) is 0.446. The second kappa shape index (κ2) is 8.16. The highest BCUT2D eigenvalue weighted by Gasteiger charge is 2.39. The number of carbonyl (C=O) groups is 1. The average molecular weight is 365 g/mol. The smallest absolute Gasteiger partial charge is 0.139 e. The van der Waals surface area contributed by atoms with Crippen molar-refractivity contribution in [3.8, 4) is 0 Å². The van der Waals surface area contributed by atoms with Crippen LogP contribution in [-0.4, -0.2) is 34.0 Å². The molecular weight excluding hydrogens is 332 g/mol. The Morgan fingerprint density at radius 3 is 1.56 bits per heavy atom. The third-order valence-corrected chi connectivity index (χ3v) is 5.89. The molecule has 0 N–H and O–H groups in total. The molecule has 0 unspecified atom stereocenters. The first-order valence-corrected chi connectivity index (χ1v) is 9.95. The maximum atomic E-state index is 13.1. The highest BCUT2D eigenvalue weighted by Crippen LogP contribution is 2.40. The fourth-order valence-corrected chi connectivity index (χ4v) is 4.20. The fraction of sp³-hybridized carbons (Fsp3) is 0.458. The largest absolute Gasteiger partial charge is 0.378 e. The van der Waals surface area contributed by atoms with E-state index < -0.39 is 0 Å². The molecule has 0 aliphatic heterocycles. The second-order valence-corrected chi connectivity index (χ2v) is 8.39. The third kappa shape index (κ3) is 4.52. The van der Waals surface area contributed by atoms with Gasteiger partial charge in [-0.3, -0.25) is 4.79 Å². The molecule has 0 radical (unpaired) electrons. The Labute approximate surface area is 164 Å². The van der Waals surface area contributed by atoms with Crippen molar-refractivity contribution in [2.24, 2.45) is 5.41 Å². The summed E-state index contributed by atoms with van der Waals surface area (Å²) in [7, 11) is 8.22. The minimum Gasteiger partial charge on any atom is -0.378 e. The van der Waals surface area contributed by atoms with E-state index in [1.165, 1.54) is 22.5 Å². The van der Waals surface area contributed by atoms with E-state index in [9.17, 15) is 4.79 Å². The van der Waals surface area contributed by atoms with Gasteiger partial charge in [0.15, 0.2) is 0 Å². The number of Topliss-reactive ketones (excluding diaryl/α,β-unsaturated/α-hetero) is 1. The molecule has 1 aliphatic carbocycles. The Morgan fingerprint density at radius 1 is 0.741 bits per heavy atom. The van der Waals surface area contributed by atoms with Gasteiger partial charge in [0.05, 0.1) is 0 Å². The molecule has 0 atom stereocenters. The number of benzene rings is 2. The summed E-state index contributed by atoms with van der Waals surface area (Å²) in [6.45, 7) is 0. The molecule has 2 aromatic rings. The maximum absolute atomic E-state index is 13.1. The van der Waals surface area contributed by atoms with Crippen molar-refractivity contribution in [3.05, 3.63) is 59.7 Å². The molecule has 1 aliphatic rings. The van der Waals surface area contributed by atoms with E-state index in [-0.39, 0.29) is 5.41 Å². The van der Waals surface area contributed by atoms with Gasteiger partial charge in [-0.2, -0.15) is 0 Å². The highest BCUT2D eigenvalue weighted by atomic mass is 16.1. The van der Waals surface area contributed by atoms with Crippen molar-refractivity contribution in [1.29, 1.82) is 0 Å². The van der Waals surface area contributed by atoms with Crippen molar-refractivity contribution in [2.75, 3.05) is 38.0 Å². The zero-order valence-corrected chi connectivity index (χ0v) is 17.2. The van der Waals surface area contributed by atoms with Gasteiger partial charge in [0.1, 0.15) is 5.78 Å². The summed E-state index contributed by atoms with van der Waals surface area (Å²) in [5, 5.41) is 0. The van der Waals surface area contributed by atoms with Gasteiger partial charge in [-0.05, 0) is 61.1 Å². The molecule has 3 rings (SSSR count). The minimum absolute atomic E-state index is 0.252. The molecule has 2 aromatic carbocycles. The van der Waals surface area contributed by atoms with Crippen LogP contribution in [-0.2, 0) is 17.6 Å². The molecule has 3 heteroatoms. The Morgan fingerprint density at radius 2 is 1.19 bits per heavy atom. The van der Waals surface area contributed by atoms with E-state index >= 15 is 0 Å². The van der Waals surface area contributed by atoms with E-state index in [4.69, 9.17) is 0 Å². The summed E-state index contributed by atoms with van der Waals surface area (Å²) >= 11 is 0. The molecule has 0 aromatic heterocycles. The monoisotopic (exact) mass is 364 g/mol. The lowest BCUT2D eigenvalue weighted by Gasteiger charge is -2.36. The first-order chi connectivity index (χ1) is 12.9. The van der Waals surface area contributed by atoms with E-state index in [0.29, 0.717) is 5.78 Å². The van der Waals surface area contributed by atoms with Crippen molar-refractivity contribution in [3.63, 3.8) is 0 Å². The summed E-state index contributed by atoms with van der Waals surface area (Å²) in [6.07, 6.45) is 5.60. The van der Waals surface area contributed by atoms with Crippen LogP contribution in [0.15, 0.2) is 48.5 Å². The Hall–Kier alpha value is -2.29. The molecule has 0 saturated heterocycles. The summed E-state index contributed by atoms with van der Waals surface area (Å²) in [6, 6.07) is 17.4. The van der Waals surface area contributed by atoms with Gasteiger partial charge in [-0.15, -0.1) is 0 Å². The molecule has 1 saturated carbocycles.